The van der Waals surface area contributed by atoms with Gasteiger partial charge in [0.2, 0.25) is 11.6 Å². The van der Waals surface area contributed by atoms with Crippen LogP contribution in [0.3, 0.4) is 0 Å². The van der Waals surface area contributed by atoms with Crippen molar-refractivity contribution < 1.29 is 32.3 Å². The fraction of sp³-hybridized carbons (Fsp3) is 0.440. The van der Waals surface area contributed by atoms with Gasteiger partial charge in [-0.1, -0.05) is 24.1 Å². The summed E-state index contributed by atoms with van der Waals surface area (Å²) in [4.78, 5) is 24.9. The molecule has 3 aromatic rings. The van der Waals surface area contributed by atoms with Crippen molar-refractivity contribution in [2.45, 2.75) is 57.3 Å². The minimum atomic E-state index is -4.20. The molecule has 0 saturated carbocycles. The van der Waals surface area contributed by atoms with Gasteiger partial charge in [-0.25, -0.2) is 13.9 Å². The molecule has 1 fully saturated rings. The molecular formula is C25H31FN7O6P. The second kappa shape index (κ2) is 11.8. The van der Waals surface area contributed by atoms with Crippen LogP contribution < -0.4 is 20.7 Å². The summed E-state index contributed by atoms with van der Waals surface area (Å²) in [5, 5.41) is 5.44. The second-order valence-electron chi connectivity index (χ2n) is 9.36. The summed E-state index contributed by atoms with van der Waals surface area (Å²) in [5.74, 6) is 2.01. The molecular weight excluding hydrogens is 544 g/mol. The highest BCUT2D eigenvalue weighted by Gasteiger charge is 2.51. The van der Waals surface area contributed by atoms with E-state index in [1.807, 2.05) is 0 Å². The summed E-state index contributed by atoms with van der Waals surface area (Å²) in [6.07, 6.45) is 3.91. The van der Waals surface area contributed by atoms with Gasteiger partial charge in [-0.2, -0.15) is 15.1 Å². The number of fused-ring (bicyclic) bond motifs is 1. The van der Waals surface area contributed by atoms with Crippen LogP contribution in [0.15, 0.2) is 36.7 Å². The van der Waals surface area contributed by atoms with Gasteiger partial charge in [-0.05, 0) is 32.9 Å². The Hall–Kier alpha value is -3.76. The van der Waals surface area contributed by atoms with Crippen molar-refractivity contribution in [2.75, 3.05) is 24.7 Å². The van der Waals surface area contributed by atoms with E-state index in [2.05, 4.69) is 31.3 Å². The number of aromatic nitrogens is 4. The number of anilines is 2. The Balaban J connectivity index is 1.55. The first-order valence-electron chi connectivity index (χ1n) is 12.4. The predicted molar refractivity (Wildman–Crippen MR) is 145 cm³/mol. The third kappa shape index (κ3) is 6.34. The number of nitrogens with zero attached hydrogens (tertiary/aromatic N) is 4. The molecule has 4 N–H and O–H groups in total. The van der Waals surface area contributed by atoms with Crippen LogP contribution in [-0.4, -0.2) is 63.1 Å². The van der Waals surface area contributed by atoms with E-state index in [4.69, 9.17) is 30.7 Å². The molecule has 1 aliphatic rings. The highest BCUT2D eigenvalue weighted by atomic mass is 31.2. The molecule has 0 bridgehead atoms. The van der Waals surface area contributed by atoms with Gasteiger partial charge in [0.25, 0.3) is 0 Å². The number of ether oxygens (including phenoxy) is 2. The maximum atomic E-state index is 16.0. The molecule has 15 heteroatoms. The molecule has 0 aliphatic carbocycles. The number of alkyl halides is 1. The Bertz CT molecular complexity index is 1450. The average molecular weight is 576 g/mol. The number of benzene rings is 1. The lowest BCUT2D eigenvalue weighted by Gasteiger charge is -2.24. The summed E-state index contributed by atoms with van der Waals surface area (Å²) in [5.41, 5.74) is 4.07. The van der Waals surface area contributed by atoms with E-state index >= 15 is 4.39 Å². The summed E-state index contributed by atoms with van der Waals surface area (Å²) < 4.78 is 53.5. The van der Waals surface area contributed by atoms with Crippen LogP contribution in [0, 0.1) is 12.3 Å². The topological polar surface area (TPSA) is 165 Å². The highest BCUT2D eigenvalue weighted by molar-refractivity contribution is 7.52. The van der Waals surface area contributed by atoms with Gasteiger partial charge < -0.3 is 25.0 Å². The van der Waals surface area contributed by atoms with E-state index in [1.165, 1.54) is 17.8 Å². The zero-order valence-corrected chi connectivity index (χ0v) is 23.3. The normalized spacial score (nSPS) is 22.9. The molecule has 0 spiro atoms. The van der Waals surface area contributed by atoms with Crippen LogP contribution >= 0.6 is 7.75 Å². The molecule has 0 radical (unpaired) electrons. The van der Waals surface area contributed by atoms with E-state index < -0.39 is 44.4 Å². The van der Waals surface area contributed by atoms with Crippen molar-refractivity contribution in [1.82, 2.24) is 24.6 Å². The van der Waals surface area contributed by atoms with Gasteiger partial charge >= 0.3 is 13.7 Å². The van der Waals surface area contributed by atoms with Crippen molar-refractivity contribution in [3.63, 3.8) is 0 Å². The van der Waals surface area contributed by atoms with Gasteiger partial charge in [-0.15, -0.1) is 6.42 Å². The van der Waals surface area contributed by atoms with Gasteiger partial charge in [0, 0.05) is 13.5 Å². The monoisotopic (exact) mass is 575 g/mol. The molecule has 1 aromatic carbocycles. The van der Waals surface area contributed by atoms with Gasteiger partial charge in [0.1, 0.15) is 11.8 Å². The lowest BCUT2D eigenvalue weighted by molar-refractivity contribution is -0.149. The number of para-hydroxylation sites is 1. The number of nitrogens with two attached hydrogens (primary N) is 1. The maximum absolute atomic E-state index is 16.0. The number of hydrogen-bond acceptors (Lipinski definition) is 11. The van der Waals surface area contributed by atoms with Crippen LogP contribution in [0.1, 0.15) is 33.4 Å². The smallest absolute Gasteiger partial charge is 0.459 e. The number of imidazole rings is 1. The molecule has 4 rings (SSSR count). The lowest BCUT2D eigenvalue weighted by atomic mass is 10.0. The number of esters is 1. The third-order valence-corrected chi connectivity index (χ3v) is 7.51. The number of nitrogens with one attached hydrogen (secondary N) is 2. The molecule has 5 atom stereocenters. The standard InChI is InChI=1S/C25H31FN7O6P/c1-6-25(26)12-18(38-23(25)33-14-29-19-20(28-5)30-24(27)31-21(19)33)13-36-40(35,39-17-10-8-7-9-11-17)32-16(4)22(34)37-15(2)3/h1,7-11,14-16,18,23H,12-13H2,2-5H3,(H,32,35)(H3,27,28,30,31)/t16-,18-,23+,25+,40-/m0/s1. The highest BCUT2D eigenvalue weighted by Crippen LogP contribution is 2.48. The fourth-order valence-electron chi connectivity index (χ4n) is 4.08. The van der Waals surface area contributed by atoms with E-state index in [9.17, 15) is 9.36 Å². The van der Waals surface area contributed by atoms with Crippen molar-refractivity contribution in [3.05, 3.63) is 36.7 Å². The summed E-state index contributed by atoms with van der Waals surface area (Å²) >= 11 is 0. The predicted octanol–water partition coefficient (Wildman–Crippen LogP) is 3.21. The minimum Gasteiger partial charge on any atom is -0.462 e. The SMILES string of the molecule is C#C[C@@]1(F)C[C@@H](CO[P@@](=O)(N[C@@H](C)C(=O)OC(C)C)Oc2ccccc2)O[C@H]1n1cnc2c(NC)nc(N)nc21. The van der Waals surface area contributed by atoms with Gasteiger partial charge in [0.15, 0.2) is 23.2 Å². The minimum absolute atomic E-state index is 0.0585. The zero-order valence-electron chi connectivity index (χ0n) is 22.4. The molecule has 13 nitrogen and oxygen atoms in total. The molecule has 0 amide bonds. The molecule has 40 heavy (non-hydrogen) atoms. The molecule has 3 heterocycles. The largest absolute Gasteiger partial charge is 0.462 e. The number of halogens is 1. The van der Waals surface area contributed by atoms with Gasteiger partial charge in [-0.3, -0.25) is 13.9 Å². The quantitative estimate of drug-likeness (QED) is 0.174. The lowest BCUT2D eigenvalue weighted by Crippen LogP contribution is -2.36. The number of nitrogen functional groups attached to an aromatic ring is 1. The number of terminal acetylenes is 1. The van der Waals surface area contributed by atoms with E-state index in [1.54, 1.807) is 51.2 Å². The maximum Gasteiger partial charge on any atom is 0.459 e. The van der Waals surface area contributed by atoms with Crippen LogP contribution in [0.4, 0.5) is 16.2 Å². The Morgan fingerprint density at radius 3 is 2.73 bits per heavy atom. The van der Waals surface area contributed by atoms with Crippen LogP contribution in [0.25, 0.3) is 11.2 Å². The van der Waals surface area contributed by atoms with Crippen molar-refractivity contribution in [2.24, 2.45) is 0 Å². The molecule has 1 saturated heterocycles. The van der Waals surface area contributed by atoms with Crippen molar-refractivity contribution in [1.29, 1.82) is 0 Å². The Kier molecular flexibility index (Phi) is 8.60. The molecule has 214 valence electrons. The number of hydrogen-bond donors (Lipinski definition) is 3. The third-order valence-electron chi connectivity index (χ3n) is 5.86. The van der Waals surface area contributed by atoms with E-state index in [0.717, 1.165) is 0 Å². The molecule has 0 unspecified atom stereocenters. The van der Waals surface area contributed by atoms with Crippen molar-refractivity contribution >= 4 is 36.6 Å². The van der Waals surface area contributed by atoms with Crippen LogP contribution in [0.5, 0.6) is 5.75 Å². The Labute approximate surface area is 230 Å². The molecule has 2 aromatic heterocycles. The van der Waals surface area contributed by atoms with Crippen molar-refractivity contribution in [3.8, 4) is 18.1 Å². The van der Waals surface area contributed by atoms with Crippen LogP contribution in [-0.2, 0) is 23.4 Å². The summed E-state index contributed by atoms with van der Waals surface area (Å²) in [6, 6.07) is 7.19. The first kappa shape index (κ1) is 29.2. The van der Waals surface area contributed by atoms with E-state index in [-0.39, 0.29) is 29.9 Å². The number of carbonyl (C=O) groups is 1. The zero-order chi connectivity index (χ0) is 29.1. The second-order valence-corrected chi connectivity index (χ2v) is 11.1. The Morgan fingerprint density at radius 2 is 2.08 bits per heavy atom. The van der Waals surface area contributed by atoms with Gasteiger partial charge in [0.05, 0.1) is 25.1 Å². The first-order chi connectivity index (χ1) is 19.0. The fourth-order valence-corrected chi connectivity index (χ4v) is 5.60. The number of rotatable bonds is 11. The van der Waals surface area contributed by atoms with E-state index in [0.29, 0.717) is 11.3 Å². The molecule has 1 aliphatic heterocycles. The number of carbonyl (C=O) groups excluding carboxylic acids is 1. The Morgan fingerprint density at radius 1 is 1.35 bits per heavy atom. The van der Waals surface area contributed by atoms with Crippen LogP contribution in [0.2, 0.25) is 0 Å². The first-order valence-corrected chi connectivity index (χ1v) is 14.0. The summed E-state index contributed by atoms with van der Waals surface area (Å²) in [6.45, 7) is 4.44. The summed E-state index contributed by atoms with van der Waals surface area (Å²) in [7, 11) is -2.57. The average Bonchev–Trinajstić information content (AvgIpc) is 3.47.